The van der Waals surface area contributed by atoms with Crippen LogP contribution in [-0.2, 0) is 43.2 Å². The normalized spacial score (nSPS) is 21.7. The van der Waals surface area contributed by atoms with E-state index in [0.29, 0.717) is 41.5 Å². The molecule has 3 aromatic rings. The van der Waals surface area contributed by atoms with Gasteiger partial charge in [0.05, 0.1) is 31.8 Å². The zero-order valence-electron chi connectivity index (χ0n) is 32.6. The molecular formula is C41H54N6O8. The van der Waals surface area contributed by atoms with Crippen molar-refractivity contribution >= 4 is 29.5 Å². The van der Waals surface area contributed by atoms with Crippen LogP contribution in [0.15, 0.2) is 53.1 Å². The summed E-state index contributed by atoms with van der Waals surface area (Å²) in [5.74, 6) is -0.0484. The lowest BCUT2D eigenvalue weighted by atomic mass is 10.0. The Hall–Kier alpha value is -5.40. The van der Waals surface area contributed by atoms with Crippen LogP contribution in [0, 0.1) is 25.7 Å². The van der Waals surface area contributed by atoms with Gasteiger partial charge >= 0.3 is 0 Å². The Labute approximate surface area is 322 Å². The molecule has 2 bridgehead atoms. The highest BCUT2D eigenvalue weighted by molar-refractivity contribution is 5.95. The highest BCUT2D eigenvalue weighted by atomic mass is 16.5. The predicted molar refractivity (Wildman–Crippen MR) is 204 cm³/mol. The molecule has 3 aliphatic rings. The number of carbonyl (C=O) groups excluding carboxylic acids is 5. The van der Waals surface area contributed by atoms with Crippen molar-refractivity contribution in [1.29, 1.82) is 0 Å². The van der Waals surface area contributed by atoms with Crippen LogP contribution < -0.4 is 30.7 Å². The third-order valence-corrected chi connectivity index (χ3v) is 9.89. The van der Waals surface area contributed by atoms with Gasteiger partial charge in [-0.3, -0.25) is 24.0 Å². The molecule has 0 unspecified atom stereocenters. The van der Waals surface area contributed by atoms with E-state index in [0.717, 1.165) is 24.0 Å². The van der Waals surface area contributed by atoms with Crippen molar-refractivity contribution in [3.63, 3.8) is 0 Å². The van der Waals surface area contributed by atoms with Crippen molar-refractivity contribution in [2.75, 3.05) is 26.8 Å². The standard InChI is InChI=1S/C41H54N6O8/c1-24(2)17-31-23-54-33-15-11-29(12-16-33)18-35(44-37(48)20-34-25(3)46-55-27(34)5)40(51)45-36(19-28-9-13-32(53-6)14-10-28)39(50)42-26(4)41(52)47(21-30-7-8-30)22-38(49)43-31/h9-16,24,26,30-31,35-36H,7-8,17-23H2,1-6H3,(H,42,50)(H,43,49)(H,44,48)(H,45,51)/t26-,31+,35+,36+/m1/s1. The number of nitrogens with one attached hydrogen (secondary N) is 4. The Bertz CT molecular complexity index is 1780. The molecule has 5 amide bonds. The lowest BCUT2D eigenvalue weighted by molar-refractivity contribution is -0.140. The van der Waals surface area contributed by atoms with E-state index in [-0.39, 0.29) is 56.2 Å². The topological polar surface area (TPSA) is 181 Å². The fraction of sp³-hybridized carbons (Fsp3) is 0.512. The molecule has 2 aliphatic heterocycles. The molecule has 4 atom stereocenters. The van der Waals surface area contributed by atoms with Crippen molar-refractivity contribution in [1.82, 2.24) is 31.3 Å². The number of ether oxygens (including phenoxy) is 2. The Morgan fingerprint density at radius 2 is 1.69 bits per heavy atom. The van der Waals surface area contributed by atoms with E-state index in [1.807, 2.05) is 12.1 Å². The lowest BCUT2D eigenvalue weighted by Crippen LogP contribution is -2.58. The van der Waals surface area contributed by atoms with Gasteiger partial charge < -0.3 is 40.2 Å². The number of hydrogen-bond acceptors (Lipinski definition) is 9. The predicted octanol–water partition coefficient (Wildman–Crippen LogP) is 2.96. The van der Waals surface area contributed by atoms with Crippen molar-refractivity contribution in [3.8, 4) is 11.5 Å². The maximum absolute atomic E-state index is 14.2. The zero-order valence-corrected chi connectivity index (χ0v) is 32.6. The average molecular weight is 759 g/mol. The molecule has 1 saturated carbocycles. The van der Waals surface area contributed by atoms with Gasteiger partial charge in [-0.2, -0.15) is 0 Å². The minimum atomic E-state index is -1.13. The number of benzene rings is 2. The quantitative estimate of drug-likeness (QED) is 0.226. The first-order valence-corrected chi connectivity index (χ1v) is 19.0. The minimum Gasteiger partial charge on any atom is -0.497 e. The minimum absolute atomic E-state index is 0.0570. The van der Waals surface area contributed by atoms with Crippen LogP contribution in [0.2, 0.25) is 0 Å². The molecule has 0 radical (unpaired) electrons. The first kappa shape index (κ1) is 40.8. The average Bonchev–Trinajstić information content (AvgIpc) is 3.92. The second-order valence-corrected chi connectivity index (χ2v) is 15.2. The number of rotatable bonds is 10. The van der Waals surface area contributed by atoms with E-state index < -0.39 is 41.8 Å². The van der Waals surface area contributed by atoms with E-state index in [4.69, 9.17) is 14.0 Å². The summed E-state index contributed by atoms with van der Waals surface area (Å²) in [7, 11) is 1.55. The van der Waals surface area contributed by atoms with Crippen LogP contribution in [0.5, 0.6) is 11.5 Å². The van der Waals surface area contributed by atoms with E-state index in [1.165, 1.54) is 4.90 Å². The lowest BCUT2D eigenvalue weighted by Gasteiger charge is -2.29. The van der Waals surface area contributed by atoms with Crippen molar-refractivity contribution in [2.24, 2.45) is 11.8 Å². The molecule has 2 aromatic carbocycles. The van der Waals surface area contributed by atoms with Crippen LogP contribution in [0.3, 0.4) is 0 Å². The number of fused-ring (bicyclic) bond motifs is 17. The molecule has 1 aliphatic carbocycles. The van der Waals surface area contributed by atoms with E-state index in [1.54, 1.807) is 64.3 Å². The molecule has 296 valence electrons. The van der Waals surface area contributed by atoms with Gasteiger partial charge in [0.25, 0.3) is 0 Å². The molecule has 1 fully saturated rings. The summed E-state index contributed by atoms with van der Waals surface area (Å²) in [6.45, 7) is 9.61. The maximum Gasteiger partial charge on any atom is 0.245 e. The summed E-state index contributed by atoms with van der Waals surface area (Å²) < 4.78 is 16.7. The number of carbonyl (C=O) groups is 5. The van der Waals surface area contributed by atoms with Gasteiger partial charge in [0.2, 0.25) is 29.5 Å². The van der Waals surface area contributed by atoms with Crippen molar-refractivity contribution in [2.45, 2.75) is 97.3 Å². The molecule has 14 nitrogen and oxygen atoms in total. The summed E-state index contributed by atoms with van der Waals surface area (Å²) in [4.78, 5) is 70.5. The van der Waals surface area contributed by atoms with Crippen LogP contribution in [0.25, 0.3) is 0 Å². The molecule has 1 aromatic heterocycles. The fourth-order valence-corrected chi connectivity index (χ4v) is 6.68. The Morgan fingerprint density at radius 1 is 0.982 bits per heavy atom. The van der Waals surface area contributed by atoms with E-state index in [2.05, 4.69) is 40.3 Å². The molecule has 55 heavy (non-hydrogen) atoms. The van der Waals surface area contributed by atoms with Crippen LogP contribution in [0.1, 0.15) is 68.2 Å². The summed E-state index contributed by atoms with van der Waals surface area (Å²) in [6.07, 6.45) is 2.71. The first-order valence-electron chi connectivity index (χ1n) is 19.0. The number of methoxy groups -OCH3 is 1. The highest BCUT2D eigenvalue weighted by Crippen LogP contribution is 2.30. The Kier molecular flexibility index (Phi) is 13.9. The molecule has 6 rings (SSSR count). The molecule has 0 spiro atoms. The Balaban J connectivity index is 1.46. The summed E-state index contributed by atoms with van der Waals surface area (Å²) >= 11 is 0. The second-order valence-electron chi connectivity index (χ2n) is 15.2. The van der Waals surface area contributed by atoms with Gasteiger partial charge in [-0.05, 0) is 87.3 Å². The molecular weight excluding hydrogens is 704 g/mol. The maximum atomic E-state index is 14.2. The van der Waals surface area contributed by atoms with Crippen molar-refractivity contribution in [3.05, 3.63) is 76.7 Å². The number of amides is 5. The third kappa shape index (κ3) is 12.0. The number of nitrogens with zero attached hydrogens (tertiary/aromatic N) is 2. The monoisotopic (exact) mass is 758 g/mol. The number of aromatic nitrogens is 1. The highest BCUT2D eigenvalue weighted by Gasteiger charge is 2.34. The van der Waals surface area contributed by atoms with Gasteiger partial charge in [-0.15, -0.1) is 0 Å². The van der Waals surface area contributed by atoms with Gasteiger partial charge in [-0.25, -0.2) is 0 Å². The molecule has 14 heteroatoms. The van der Waals surface area contributed by atoms with Gasteiger partial charge in [0.1, 0.15) is 42.0 Å². The van der Waals surface area contributed by atoms with E-state index in [9.17, 15) is 24.0 Å². The fourth-order valence-electron chi connectivity index (χ4n) is 6.68. The van der Waals surface area contributed by atoms with Crippen LogP contribution in [-0.4, -0.2) is 90.6 Å². The second kappa shape index (κ2) is 18.8. The van der Waals surface area contributed by atoms with Crippen LogP contribution in [0.4, 0.5) is 0 Å². The summed E-state index contributed by atoms with van der Waals surface area (Å²) in [5.41, 5.74) is 2.67. The molecule has 3 heterocycles. The van der Waals surface area contributed by atoms with Gasteiger partial charge in [0, 0.05) is 24.9 Å². The first-order chi connectivity index (χ1) is 26.3. The summed E-state index contributed by atoms with van der Waals surface area (Å²) in [5, 5.41) is 15.6. The third-order valence-electron chi connectivity index (χ3n) is 9.89. The number of hydrogen-bond donors (Lipinski definition) is 4. The van der Waals surface area contributed by atoms with Crippen molar-refractivity contribution < 1.29 is 38.0 Å². The SMILES string of the molecule is COc1ccc(C[C@@H]2NC(=O)[C@@H](NC(=O)Cc3c(C)noc3C)Cc3ccc(cc3)OC[C@H](CC(C)C)NC(=O)CN(CC3CC3)C(=O)[C@@H](C)NC2=O)cc1. The Morgan fingerprint density at radius 3 is 2.31 bits per heavy atom. The summed E-state index contributed by atoms with van der Waals surface area (Å²) in [6, 6.07) is 10.8. The van der Waals surface area contributed by atoms with Gasteiger partial charge in [0.15, 0.2) is 0 Å². The van der Waals surface area contributed by atoms with Crippen LogP contribution >= 0.6 is 0 Å². The smallest absolute Gasteiger partial charge is 0.245 e. The van der Waals surface area contributed by atoms with Gasteiger partial charge in [-0.1, -0.05) is 43.3 Å². The number of aryl methyl sites for hydroxylation is 2. The molecule has 0 saturated heterocycles. The zero-order chi connectivity index (χ0) is 39.6. The molecule has 4 N–H and O–H groups in total. The largest absolute Gasteiger partial charge is 0.497 e. The van der Waals surface area contributed by atoms with E-state index >= 15 is 0 Å².